The van der Waals surface area contributed by atoms with Gasteiger partial charge in [0.2, 0.25) is 0 Å². The van der Waals surface area contributed by atoms with Crippen LogP contribution in [0.2, 0.25) is 0 Å². The van der Waals surface area contributed by atoms with Gasteiger partial charge in [-0.1, -0.05) is 0 Å². The minimum atomic E-state index is -0.349. The lowest BCUT2D eigenvalue weighted by atomic mass is 10.0. The lowest BCUT2D eigenvalue weighted by molar-refractivity contribution is -0.116. The molecular formula is C14H14O5. The minimum absolute atomic E-state index is 0.0675. The molecule has 0 amide bonds. The molecule has 1 heterocycles. The summed E-state index contributed by atoms with van der Waals surface area (Å²) in [5.74, 6) is -0.120. The van der Waals surface area contributed by atoms with E-state index >= 15 is 0 Å². The predicted molar refractivity (Wildman–Crippen MR) is 68.0 cm³/mol. The monoisotopic (exact) mass is 262 g/mol. The average molecular weight is 262 g/mol. The van der Waals surface area contributed by atoms with E-state index in [0.717, 1.165) is 0 Å². The molecule has 0 saturated carbocycles. The Labute approximate surface area is 110 Å². The van der Waals surface area contributed by atoms with E-state index in [1.54, 1.807) is 6.08 Å². The van der Waals surface area contributed by atoms with E-state index < -0.39 is 0 Å². The molecule has 1 aromatic rings. The Balaban J connectivity index is 2.65. The summed E-state index contributed by atoms with van der Waals surface area (Å²) in [4.78, 5) is 23.1. The Bertz CT molecular complexity index is 572. The molecule has 0 fully saturated rings. The largest absolute Gasteiger partial charge is 0.507 e. The van der Waals surface area contributed by atoms with Gasteiger partial charge in [0.25, 0.3) is 0 Å². The van der Waals surface area contributed by atoms with Crippen molar-refractivity contribution >= 4 is 11.6 Å². The fraction of sp³-hybridized carbons (Fsp3) is 0.286. The van der Waals surface area contributed by atoms with Gasteiger partial charge >= 0.3 is 0 Å². The number of allylic oxidation sites excluding steroid dienone is 1. The zero-order valence-electron chi connectivity index (χ0n) is 10.7. The number of rotatable bonds is 3. The molecule has 5 heteroatoms. The first-order chi connectivity index (χ1) is 9.04. The molecular weight excluding hydrogens is 248 g/mol. The zero-order valence-corrected chi connectivity index (χ0v) is 10.7. The van der Waals surface area contributed by atoms with E-state index in [2.05, 4.69) is 0 Å². The second-order valence-corrected chi connectivity index (χ2v) is 4.25. The summed E-state index contributed by atoms with van der Waals surface area (Å²) in [5.41, 5.74) is 0.568. The first-order valence-electron chi connectivity index (χ1n) is 5.80. The first kappa shape index (κ1) is 13.1. The van der Waals surface area contributed by atoms with Crippen LogP contribution < -0.4 is 9.47 Å². The molecule has 0 spiro atoms. The fourth-order valence-electron chi connectivity index (χ4n) is 2.05. The molecule has 19 heavy (non-hydrogen) atoms. The molecule has 0 saturated heterocycles. The highest BCUT2D eigenvalue weighted by Gasteiger charge is 2.25. The van der Waals surface area contributed by atoms with Crippen LogP contribution in [0.4, 0.5) is 0 Å². The number of phenols is 1. The smallest absolute Gasteiger partial charge is 0.193 e. The summed E-state index contributed by atoms with van der Waals surface area (Å²) < 4.78 is 10.7. The van der Waals surface area contributed by atoms with E-state index in [9.17, 15) is 14.7 Å². The van der Waals surface area contributed by atoms with Gasteiger partial charge in [0, 0.05) is 12.0 Å². The zero-order chi connectivity index (χ0) is 14.0. The average Bonchev–Trinajstić information content (AvgIpc) is 2.51. The van der Waals surface area contributed by atoms with Crippen LogP contribution in [0.3, 0.4) is 0 Å². The standard InChI is InChI=1S/C14H14O5/c1-8(15)6-9-7-11(17)12-10(16)4-3-5-19-14(12)13(9)18-2/h3-4,7,17H,5-6H2,1-2H3. The lowest BCUT2D eigenvalue weighted by Gasteiger charge is -2.16. The number of carbonyl (C=O) groups is 2. The van der Waals surface area contributed by atoms with Crippen LogP contribution in [0, 0.1) is 0 Å². The number of ether oxygens (including phenoxy) is 2. The van der Waals surface area contributed by atoms with Gasteiger partial charge in [0.1, 0.15) is 23.7 Å². The van der Waals surface area contributed by atoms with Crippen molar-refractivity contribution in [3.8, 4) is 17.2 Å². The lowest BCUT2D eigenvalue weighted by Crippen LogP contribution is -2.06. The van der Waals surface area contributed by atoms with E-state index in [0.29, 0.717) is 11.3 Å². The summed E-state index contributed by atoms with van der Waals surface area (Å²) in [5, 5.41) is 9.96. The number of phenolic OH excluding ortho intramolecular Hbond substituents is 1. The van der Waals surface area contributed by atoms with Crippen molar-refractivity contribution in [2.45, 2.75) is 13.3 Å². The summed E-state index contributed by atoms with van der Waals surface area (Å²) in [6.45, 7) is 1.65. The van der Waals surface area contributed by atoms with Crippen molar-refractivity contribution in [2.75, 3.05) is 13.7 Å². The maximum Gasteiger partial charge on any atom is 0.193 e. The number of ketones is 2. The Kier molecular flexibility index (Phi) is 3.55. The first-order valence-corrected chi connectivity index (χ1v) is 5.80. The topological polar surface area (TPSA) is 72.8 Å². The Morgan fingerprint density at radius 3 is 2.89 bits per heavy atom. The number of methoxy groups -OCH3 is 1. The van der Waals surface area contributed by atoms with E-state index in [4.69, 9.17) is 9.47 Å². The highest BCUT2D eigenvalue weighted by atomic mass is 16.5. The van der Waals surface area contributed by atoms with Crippen molar-refractivity contribution in [1.29, 1.82) is 0 Å². The van der Waals surface area contributed by atoms with Gasteiger partial charge < -0.3 is 14.6 Å². The molecule has 100 valence electrons. The molecule has 0 atom stereocenters. The van der Waals surface area contributed by atoms with Gasteiger partial charge in [-0.15, -0.1) is 0 Å². The van der Waals surface area contributed by atoms with Crippen LogP contribution in [-0.2, 0) is 11.2 Å². The van der Waals surface area contributed by atoms with E-state index in [-0.39, 0.29) is 41.7 Å². The van der Waals surface area contributed by atoms with Gasteiger partial charge in [0.05, 0.1) is 7.11 Å². The fourth-order valence-corrected chi connectivity index (χ4v) is 2.05. The molecule has 0 unspecified atom stereocenters. The van der Waals surface area contributed by atoms with Crippen molar-refractivity contribution in [2.24, 2.45) is 0 Å². The molecule has 0 aromatic heterocycles. The van der Waals surface area contributed by atoms with Crippen LogP contribution in [0.5, 0.6) is 17.2 Å². The molecule has 5 nitrogen and oxygen atoms in total. The quantitative estimate of drug-likeness (QED) is 0.896. The van der Waals surface area contributed by atoms with Gasteiger partial charge in [-0.2, -0.15) is 0 Å². The van der Waals surface area contributed by atoms with Crippen molar-refractivity contribution in [3.05, 3.63) is 29.3 Å². The number of hydrogen-bond donors (Lipinski definition) is 1. The highest BCUT2D eigenvalue weighted by Crippen LogP contribution is 2.41. The van der Waals surface area contributed by atoms with Crippen LogP contribution in [0.1, 0.15) is 22.8 Å². The summed E-state index contributed by atoms with van der Waals surface area (Å²) in [7, 11) is 1.43. The van der Waals surface area contributed by atoms with Gasteiger partial charge in [-0.25, -0.2) is 0 Å². The van der Waals surface area contributed by atoms with Crippen molar-refractivity contribution < 1.29 is 24.2 Å². The summed E-state index contributed by atoms with van der Waals surface area (Å²) >= 11 is 0. The van der Waals surface area contributed by atoms with Crippen molar-refractivity contribution in [3.63, 3.8) is 0 Å². The summed E-state index contributed by atoms with van der Waals surface area (Å²) in [6, 6.07) is 1.37. The van der Waals surface area contributed by atoms with Crippen LogP contribution in [0.15, 0.2) is 18.2 Å². The Morgan fingerprint density at radius 1 is 1.53 bits per heavy atom. The molecule has 0 bridgehead atoms. The molecule has 1 aromatic carbocycles. The molecule has 1 N–H and O–H groups in total. The molecule has 0 radical (unpaired) electrons. The number of hydrogen-bond acceptors (Lipinski definition) is 5. The molecule has 2 rings (SSSR count). The van der Waals surface area contributed by atoms with Crippen LogP contribution >= 0.6 is 0 Å². The number of aromatic hydroxyl groups is 1. The third kappa shape index (κ3) is 2.45. The normalized spacial score (nSPS) is 13.5. The Morgan fingerprint density at radius 2 is 2.26 bits per heavy atom. The molecule has 1 aliphatic rings. The highest BCUT2D eigenvalue weighted by molar-refractivity contribution is 6.09. The van der Waals surface area contributed by atoms with Gasteiger partial charge in [-0.3, -0.25) is 9.59 Å². The number of benzene rings is 1. The predicted octanol–water partition coefficient (Wildman–Crippen LogP) is 1.66. The number of Topliss-reactive ketones (excluding diaryl/α,β-unsaturated/α-hetero) is 1. The molecule has 0 aliphatic carbocycles. The minimum Gasteiger partial charge on any atom is -0.507 e. The van der Waals surface area contributed by atoms with Gasteiger partial charge in [-0.05, 0) is 25.1 Å². The number of fused-ring (bicyclic) bond motifs is 1. The molecule has 1 aliphatic heterocycles. The maximum atomic E-state index is 11.9. The third-order valence-electron chi connectivity index (χ3n) is 2.78. The van der Waals surface area contributed by atoms with Crippen LogP contribution in [0.25, 0.3) is 0 Å². The number of carbonyl (C=O) groups excluding carboxylic acids is 2. The Hall–Kier alpha value is -2.30. The summed E-state index contributed by atoms with van der Waals surface area (Å²) in [6.07, 6.45) is 3.01. The van der Waals surface area contributed by atoms with Crippen molar-refractivity contribution in [1.82, 2.24) is 0 Å². The second kappa shape index (κ2) is 5.14. The maximum absolute atomic E-state index is 11.9. The van der Waals surface area contributed by atoms with Crippen LogP contribution in [-0.4, -0.2) is 30.4 Å². The second-order valence-electron chi connectivity index (χ2n) is 4.25. The van der Waals surface area contributed by atoms with E-state index in [1.807, 2.05) is 0 Å². The van der Waals surface area contributed by atoms with E-state index in [1.165, 1.54) is 26.2 Å². The SMILES string of the molecule is COc1c(CC(C)=O)cc(O)c2c1OCC=CC2=O. The van der Waals surface area contributed by atoms with Gasteiger partial charge in [0.15, 0.2) is 17.3 Å². The third-order valence-corrected chi connectivity index (χ3v) is 2.78.